The summed E-state index contributed by atoms with van der Waals surface area (Å²) in [4.78, 5) is 20.6. The molecule has 174 valence electrons. The highest BCUT2D eigenvalue weighted by Gasteiger charge is 2.24. The number of fused-ring (bicyclic) bond motifs is 1. The first-order valence-corrected chi connectivity index (χ1v) is 13.1. The highest BCUT2D eigenvalue weighted by atomic mass is 35.5. The summed E-state index contributed by atoms with van der Waals surface area (Å²) in [6, 6.07) is 17.6. The number of nitrogens with zero attached hydrogens (tertiary/aromatic N) is 2. The van der Waals surface area contributed by atoms with E-state index < -0.39 is 10.0 Å². The molecule has 0 spiro atoms. The van der Waals surface area contributed by atoms with Gasteiger partial charge in [-0.15, -0.1) is 0 Å². The van der Waals surface area contributed by atoms with Crippen LogP contribution in [0.15, 0.2) is 66.9 Å². The molecule has 4 aromatic rings. The standard InChI is InChI=1S/C25H23ClN4O3S/c26-21-9-6-18(16-20(21)22-10-11-23-24(29-22)12-13-27-23)28-25(31)17-4-7-19(8-5-17)30-14-2-1-3-15-34(30,32)33/h4-13,16,27H,1-3,14-15H2,(H,28,31). The molecule has 0 atom stereocenters. The maximum Gasteiger partial charge on any atom is 0.255 e. The fraction of sp³-hybridized carbons (Fsp3) is 0.200. The number of amides is 1. The first kappa shape index (κ1) is 22.4. The minimum atomic E-state index is -3.33. The number of sulfonamides is 1. The van der Waals surface area contributed by atoms with Crippen molar-refractivity contribution in [1.82, 2.24) is 9.97 Å². The van der Waals surface area contributed by atoms with Crippen molar-refractivity contribution in [3.63, 3.8) is 0 Å². The van der Waals surface area contributed by atoms with Crippen molar-refractivity contribution >= 4 is 49.9 Å². The van der Waals surface area contributed by atoms with Crippen LogP contribution in [0.1, 0.15) is 29.6 Å². The number of aromatic amines is 1. The molecule has 0 bridgehead atoms. The minimum Gasteiger partial charge on any atom is -0.360 e. The number of carbonyl (C=O) groups is 1. The second kappa shape index (κ2) is 9.12. The lowest BCUT2D eigenvalue weighted by Crippen LogP contribution is -2.32. The molecule has 34 heavy (non-hydrogen) atoms. The van der Waals surface area contributed by atoms with Gasteiger partial charge < -0.3 is 10.3 Å². The summed E-state index contributed by atoms with van der Waals surface area (Å²) in [7, 11) is -3.33. The van der Waals surface area contributed by atoms with Crippen LogP contribution in [0.25, 0.3) is 22.3 Å². The first-order chi connectivity index (χ1) is 16.4. The number of nitrogens with one attached hydrogen (secondary N) is 2. The summed E-state index contributed by atoms with van der Waals surface area (Å²) in [5, 5.41) is 3.42. The Labute approximate surface area is 202 Å². The van der Waals surface area contributed by atoms with Crippen LogP contribution >= 0.6 is 11.6 Å². The van der Waals surface area contributed by atoms with E-state index in [4.69, 9.17) is 11.6 Å². The van der Waals surface area contributed by atoms with Gasteiger partial charge in [-0.1, -0.05) is 18.0 Å². The number of hydrogen-bond acceptors (Lipinski definition) is 4. The summed E-state index contributed by atoms with van der Waals surface area (Å²) in [5.74, 6) is -0.146. The molecule has 0 unspecified atom stereocenters. The summed E-state index contributed by atoms with van der Waals surface area (Å²) in [6.07, 6.45) is 4.23. The van der Waals surface area contributed by atoms with Gasteiger partial charge >= 0.3 is 0 Å². The van der Waals surface area contributed by atoms with Crippen LogP contribution < -0.4 is 9.62 Å². The van der Waals surface area contributed by atoms with E-state index in [9.17, 15) is 13.2 Å². The largest absolute Gasteiger partial charge is 0.360 e. The number of hydrogen-bond donors (Lipinski definition) is 2. The summed E-state index contributed by atoms with van der Waals surface area (Å²) in [5.41, 5.74) is 4.77. The maximum absolute atomic E-state index is 12.9. The zero-order chi connectivity index (χ0) is 23.7. The quantitative estimate of drug-likeness (QED) is 0.394. The number of H-pyrrole nitrogens is 1. The second-order valence-corrected chi connectivity index (χ2v) is 10.7. The minimum absolute atomic E-state index is 0.153. The summed E-state index contributed by atoms with van der Waals surface area (Å²) < 4.78 is 26.5. The fourth-order valence-corrected chi connectivity index (χ4v) is 5.98. The van der Waals surface area contributed by atoms with E-state index in [0.29, 0.717) is 46.2 Å². The van der Waals surface area contributed by atoms with Crippen LogP contribution in [0.2, 0.25) is 5.02 Å². The van der Waals surface area contributed by atoms with E-state index in [-0.39, 0.29) is 11.7 Å². The van der Waals surface area contributed by atoms with Gasteiger partial charge in [0.15, 0.2) is 0 Å². The van der Waals surface area contributed by atoms with Crippen molar-refractivity contribution in [2.45, 2.75) is 19.3 Å². The van der Waals surface area contributed by atoms with Gasteiger partial charge in [-0.3, -0.25) is 9.10 Å². The molecule has 2 N–H and O–H groups in total. The lowest BCUT2D eigenvalue weighted by Gasteiger charge is -2.22. The van der Waals surface area contributed by atoms with Crippen LogP contribution in [0.3, 0.4) is 0 Å². The third-order valence-corrected chi connectivity index (χ3v) is 8.12. The van der Waals surface area contributed by atoms with Crippen LogP contribution in [-0.4, -0.2) is 36.6 Å². The molecule has 1 saturated heterocycles. The van der Waals surface area contributed by atoms with Crippen molar-refractivity contribution < 1.29 is 13.2 Å². The van der Waals surface area contributed by atoms with Crippen molar-refractivity contribution in [1.29, 1.82) is 0 Å². The van der Waals surface area contributed by atoms with Crippen molar-refractivity contribution in [3.05, 3.63) is 77.4 Å². The van der Waals surface area contributed by atoms with Crippen molar-refractivity contribution in [2.24, 2.45) is 0 Å². The molecule has 3 heterocycles. The second-order valence-electron chi connectivity index (χ2n) is 8.25. The molecule has 1 amide bonds. The van der Waals surface area contributed by atoms with Crippen LogP contribution in [0, 0.1) is 0 Å². The van der Waals surface area contributed by atoms with Crippen molar-refractivity contribution in [3.8, 4) is 11.3 Å². The van der Waals surface area contributed by atoms with Gasteiger partial charge in [0.25, 0.3) is 5.91 Å². The molecule has 0 radical (unpaired) electrons. The zero-order valence-corrected chi connectivity index (χ0v) is 19.9. The Hall–Kier alpha value is -3.36. The van der Waals surface area contributed by atoms with Crippen LogP contribution in [0.4, 0.5) is 11.4 Å². The highest BCUT2D eigenvalue weighted by Crippen LogP contribution is 2.31. The Morgan fingerprint density at radius 2 is 1.82 bits per heavy atom. The number of halogens is 1. The first-order valence-electron chi connectivity index (χ1n) is 11.1. The topological polar surface area (TPSA) is 95.2 Å². The zero-order valence-electron chi connectivity index (χ0n) is 18.3. The molecule has 0 aliphatic carbocycles. The molecule has 2 aromatic heterocycles. The van der Waals surface area contributed by atoms with Gasteiger partial charge in [0.1, 0.15) is 0 Å². The van der Waals surface area contributed by atoms with Gasteiger partial charge in [0.2, 0.25) is 10.0 Å². The van der Waals surface area contributed by atoms with E-state index in [1.54, 1.807) is 42.5 Å². The smallest absolute Gasteiger partial charge is 0.255 e. The molecule has 5 rings (SSSR count). The summed E-state index contributed by atoms with van der Waals surface area (Å²) >= 11 is 6.42. The number of carbonyl (C=O) groups excluding carboxylic acids is 1. The Bertz CT molecular complexity index is 1470. The SMILES string of the molecule is O=C(Nc1ccc(Cl)c(-c2ccc3[nH]ccc3n2)c1)c1ccc(N2CCCCCS2(=O)=O)cc1. The number of aromatic nitrogens is 2. The monoisotopic (exact) mass is 494 g/mol. The fourth-order valence-electron chi connectivity index (χ4n) is 4.12. The van der Waals surface area contributed by atoms with E-state index in [0.717, 1.165) is 23.9 Å². The lowest BCUT2D eigenvalue weighted by molar-refractivity contribution is 0.102. The van der Waals surface area contributed by atoms with E-state index in [1.165, 1.54) is 4.31 Å². The molecule has 9 heteroatoms. The third-order valence-electron chi connectivity index (χ3n) is 5.92. The van der Waals surface area contributed by atoms with Crippen LogP contribution in [-0.2, 0) is 10.0 Å². The average molecular weight is 495 g/mol. The Kier molecular flexibility index (Phi) is 6.02. The predicted molar refractivity (Wildman–Crippen MR) is 136 cm³/mol. The molecular formula is C25H23ClN4O3S. The van der Waals surface area contributed by atoms with E-state index >= 15 is 0 Å². The maximum atomic E-state index is 12.9. The van der Waals surface area contributed by atoms with Crippen molar-refractivity contribution in [2.75, 3.05) is 21.9 Å². The number of anilines is 2. The predicted octanol–water partition coefficient (Wildman–Crippen LogP) is 5.46. The Morgan fingerprint density at radius 3 is 2.65 bits per heavy atom. The lowest BCUT2D eigenvalue weighted by atomic mass is 10.1. The molecule has 1 aliphatic rings. The molecule has 0 saturated carbocycles. The van der Waals surface area contributed by atoms with Gasteiger partial charge in [-0.25, -0.2) is 13.4 Å². The third kappa shape index (κ3) is 4.51. The molecule has 1 aliphatic heterocycles. The average Bonchev–Trinajstić information content (AvgIpc) is 3.22. The van der Waals surface area contributed by atoms with Gasteiger partial charge in [0.05, 0.1) is 33.2 Å². The summed E-state index contributed by atoms with van der Waals surface area (Å²) in [6.45, 7) is 0.462. The molecule has 2 aromatic carbocycles. The van der Waals surface area contributed by atoms with Gasteiger partial charge in [-0.2, -0.15) is 0 Å². The van der Waals surface area contributed by atoms with Crippen LogP contribution in [0.5, 0.6) is 0 Å². The highest BCUT2D eigenvalue weighted by molar-refractivity contribution is 7.92. The van der Waals surface area contributed by atoms with E-state index in [1.807, 2.05) is 24.4 Å². The van der Waals surface area contributed by atoms with Gasteiger partial charge in [-0.05, 0) is 73.5 Å². The Balaban J connectivity index is 1.35. The molecular weight excluding hydrogens is 472 g/mol. The number of rotatable bonds is 4. The van der Waals surface area contributed by atoms with E-state index in [2.05, 4.69) is 15.3 Å². The Morgan fingerprint density at radius 1 is 1.00 bits per heavy atom. The normalized spacial score (nSPS) is 15.7. The number of benzene rings is 2. The molecule has 1 fully saturated rings. The molecule has 7 nitrogen and oxygen atoms in total. The van der Waals surface area contributed by atoms with Gasteiger partial charge in [0, 0.05) is 29.6 Å². The number of pyridine rings is 1.